The summed E-state index contributed by atoms with van der Waals surface area (Å²) in [5, 5.41) is 9.43. The highest BCUT2D eigenvalue weighted by molar-refractivity contribution is 7.99. The number of thioether (sulfide) groups is 1. The fourth-order valence-electron chi connectivity index (χ4n) is 1.19. The Morgan fingerprint density at radius 1 is 1.53 bits per heavy atom. The summed E-state index contributed by atoms with van der Waals surface area (Å²) in [6, 6.07) is 5.04. The SMILES string of the molecule is CCSc1ccc(C(C)(F)CO)cc1Cl. The summed E-state index contributed by atoms with van der Waals surface area (Å²) in [6.07, 6.45) is 0. The third-order valence-electron chi connectivity index (χ3n) is 2.13. The molecule has 1 unspecified atom stereocenters. The maximum atomic E-state index is 13.7. The fraction of sp³-hybridized carbons (Fsp3) is 0.455. The number of alkyl halides is 1. The van der Waals surface area contributed by atoms with Crippen molar-refractivity contribution in [1.29, 1.82) is 0 Å². The van der Waals surface area contributed by atoms with Crippen LogP contribution in [0.4, 0.5) is 4.39 Å². The van der Waals surface area contributed by atoms with Gasteiger partial charge in [-0.25, -0.2) is 4.39 Å². The number of hydrogen-bond acceptors (Lipinski definition) is 2. The molecule has 0 amide bonds. The predicted octanol–water partition coefficient (Wildman–Crippen LogP) is 3.63. The molecule has 1 nitrogen and oxygen atoms in total. The molecule has 0 aliphatic heterocycles. The molecule has 0 fully saturated rings. The molecule has 0 aromatic heterocycles. The van der Waals surface area contributed by atoms with E-state index in [1.54, 1.807) is 30.0 Å². The van der Waals surface area contributed by atoms with E-state index in [9.17, 15) is 4.39 Å². The smallest absolute Gasteiger partial charge is 0.156 e. The quantitative estimate of drug-likeness (QED) is 0.822. The first-order valence-corrected chi connectivity index (χ1v) is 6.10. The molecule has 0 bridgehead atoms. The number of aliphatic hydroxyl groups excluding tert-OH is 1. The van der Waals surface area contributed by atoms with Crippen LogP contribution < -0.4 is 0 Å². The largest absolute Gasteiger partial charge is 0.393 e. The van der Waals surface area contributed by atoms with Crippen LogP contribution in [-0.4, -0.2) is 17.5 Å². The lowest BCUT2D eigenvalue weighted by Crippen LogP contribution is -2.20. The first-order chi connectivity index (χ1) is 7.01. The van der Waals surface area contributed by atoms with E-state index in [0.29, 0.717) is 10.6 Å². The number of aliphatic hydroxyl groups is 1. The van der Waals surface area contributed by atoms with Gasteiger partial charge in [-0.3, -0.25) is 0 Å². The molecule has 0 saturated carbocycles. The van der Waals surface area contributed by atoms with Crippen LogP contribution in [0.1, 0.15) is 19.4 Å². The second kappa shape index (κ2) is 5.19. The first-order valence-electron chi connectivity index (χ1n) is 4.74. The third kappa shape index (κ3) is 3.10. The summed E-state index contributed by atoms with van der Waals surface area (Å²) < 4.78 is 13.7. The van der Waals surface area contributed by atoms with Crippen molar-refractivity contribution in [3.8, 4) is 0 Å². The Labute approximate surface area is 98.6 Å². The zero-order valence-corrected chi connectivity index (χ0v) is 10.3. The molecule has 1 aromatic carbocycles. The van der Waals surface area contributed by atoms with Crippen LogP contribution in [0.2, 0.25) is 5.02 Å². The minimum absolute atomic E-state index is 0.412. The lowest BCUT2D eigenvalue weighted by Gasteiger charge is -2.18. The lowest BCUT2D eigenvalue weighted by molar-refractivity contribution is 0.0867. The Balaban J connectivity index is 3.01. The summed E-state index contributed by atoms with van der Waals surface area (Å²) in [5.74, 6) is 0.923. The molecule has 0 aliphatic carbocycles. The fourth-order valence-corrected chi connectivity index (χ4v) is 2.21. The van der Waals surface area contributed by atoms with Crippen molar-refractivity contribution in [3.63, 3.8) is 0 Å². The molecule has 15 heavy (non-hydrogen) atoms. The van der Waals surface area contributed by atoms with Crippen molar-refractivity contribution in [2.75, 3.05) is 12.4 Å². The molecule has 1 rings (SSSR count). The second-order valence-electron chi connectivity index (χ2n) is 3.43. The van der Waals surface area contributed by atoms with E-state index < -0.39 is 12.3 Å². The molecule has 84 valence electrons. The summed E-state index contributed by atoms with van der Waals surface area (Å²) in [6.45, 7) is 2.83. The van der Waals surface area contributed by atoms with Gasteiger partial charge in [0.1, 0.15) is 0 Å². The van der Waals surface area contributed by atoms with Crippen LogP contribution in [0.25, 0.3) is 0 Å². The molecular weight excluding hydrogens is 235 g/mol. The van der Waals surface area contributed by atoms with Gasteiger partial charge in [0.25, 0.3) is 0 Å². The van der Waals surface area contributed by atoms with Crippen molar-refractivity contribution in [1.82, 2.24) is 0 Å². The van der Waals surface area contributed by atoms with Gasteiger partial charge in [0, 0.05) is 4.90 Å². The summed E-state index contributed by atoms with van der Waals surface area (Å²) in [5.41, 5.74) is -1.31. The number of benzene rings is 1. The predicted molar refractivity (Wildman–Crippen MR) is 63.4 cm³/mol. The van der Waals surface area contributed by atoms with Gasteiger partial charge in [-0.15, -0.1) is 11.8 Å². The Morgan fingerprint density at radius 2 is 2.20 bits per heavy atom. The van der Waals surface area contributed by atoms with E-state index in [4.69, 9.17) is 16.7 Å². The minimum atomic E-state index is -1.72. The van der Waals surface area contributed by atoms with Gasteiger partial charge >= 0.3 is 0 Å². The highest BCUT2D eigenvalue weighted by Gasteiger charge is 2.25. The lowest BCUT2D eigenvalue weighted by atomic mass is 9.99. The summed E-state index contributed by atoms with van der Waals surface area (Å²) in [7, 11) is 0. The van der Waals surface area contributed by atoms with Gasteiger partial charge in [-0.05, 0) is 30.4 Å². The Morgan fingerprint density at radius 3 is 2.67 bits per heavy atom. The van der Waals surface area contributed by atoms with Gasteiger partial charge in [0.05, 0.1) is 11.6 Å². The normalized spacial score (nSPS) is 15.0. The maximum absolute atomic E-state index is 13.7. The van der Waals surface area contributed by atoms with E-state index in [1.165, 1.54) is 6.92 Å². The van der Waals surface area contributed by atoms with Crippen LogP contribution in [-0.2, 0) is 5.67 Å². The molecule has 0 radical (unpaired) electrons. The zero-order valence-electron chi connectivity index (χ0n) is 8.76. The number of hydrogen-bond donors (Lipinski definition) is 1. The number of rotatable bonds is 4. The van der Waals surface area contributed by atoms with E-state index in [-0.39, 0.29) is 0 Å². The molecule has 0 aliphatic rings. The van der Waals surface area contributed by atoms with Crippen LogP contribution in [0.3, 0.4) is 0 Å². The van der Waals surface area contributed by atoms with Crippen molar-refractivity contribution >= 4 is 23.4 Å². The molecule has 1 atom stereocenters. The third-order valence-corrected chi connectivity index (χ3v) is 3.51. The van der Waals surface area contributed by atoms with Crippen molar-refractivity contribution in [2.24, 2.45) is 0 Å². The van der Waals surface area contributed by atoms with Gasteiger partial charge in [-0.2, -0.15) is 0 Å². The van der Waals surface area contributed by atoms with Crippen LogP contribution >= 0.6 is 23.4 Å². The molecule has 4 heteroatoms. The van der Waals surface area contributed by atoms with E-state index >= 15 is 0 Å². The van der Waals surface area contributed by atoms with Crippen LogP contribution in [0, 0.1) is 0 Å². The average Bonchev–Trinajstić information content (AvgIpc) is 2.21. The maximum Gasteiger partial charge on any atom is 0.156 e. The van der Waals surface area contributed by atoms with E-state index in [1.807, 2.05) is 6.92 Å². The monoisotopic (exact) mass is 248 g/mol. The average molecular weight is 249 g/mol. The summed E-state index contributed by atoms with van der Waals surface area (Å²) >= 11 is 7.61. The van der Waals surface area contributed by atoms with Crippen molar-refractivity contribution in [3.05, 3.63) is 28.8 Å². The van der Waals surface area contributed by atoms with Crippen molar-refractivity contribution in [2.45, 2.75) is 24.4 Å². The first kappa shape index (κ1) is 12.8. The van der Waals surface area contributed by atoms with Crippen LogP contribution in [0.15, 0.2) is 23.1 Å². The minimum Gasteiger partial charge on any atom is -0.393 e. The zero-order chi connectivity index (χ0) is 11.5. The van der Waals surface area contributed by atoms with Crippen LogP contribution in [0.5, 0.6) is 0 Å². The molecule has 0 heterocycles. The topological polar surface area (TPSA) is 20.2 Å². The molecule has 0 saturated heterocycles. The van der Waals surface area contributed by atoms with Crippen molar-refractivity contribution < 1.29 is 9.50 Å². The molecule has 1 aromatic rings. The molecule has 0 spiro atoms. The van der Waals surface area contributed by atoms with E-state index in [0.717, 1.165) is 10.6 Å². The number of halogens is 2. The van der Waals surface area contributed by atoms with Gasteiger partial charge < -0.3 is 5.11 Å². The molecule has 1 N–H and O–H groups in total. The Hall–Kier alpha value is -0.250. The Bertz CT molecular complexity index is 341. The Kier molecular flexibility index (Phi) is 4.44. The summed E-state index contributed by atoms with van der Waals surface area (Å²) in [4.78, 5) is 0.941. The van der Waals surface area contributed by atoms with Gasteiger partial charge in [0.15, 0.2) is 5.67 Å². The second-order valence-corrected chi connectivity index (χ2v) is 5.15. The standard InChI is InChI=1S/C11H14ClFOS/c1-3-15-10-5-4-8(6-9(10)12)11(2,13)7-14/h4-6,14H,3,7H2,1-2H3. The highest BCUT2D eigenvalue weighted by Crippen LogP contribution is 2.32. The van der Waals surface area contributed by atoms with E-state index in [2.05, 4.69) is 0 Å². The molecular formula is C11H14ClFOS. The highest BCUT2D eigenvalue weighted by atomic mass is 35.5. The van der Waals surface area contributed by atoms with Gasteiger partial charge in [-0.1, -0.05) is 24.6 Å². The van der Waals surface area contributed by atoms with Gasteiger partial charge in [0.2, 0.25) is 0 Å².